The molecule has 0 atom stereocenters. The third kappa shape index (κ3) is 6.45. The van der Waals surface area contributed by atoms with Gasteiger partial charge in [0.2, 0.25) is 0 Å². The maximum Gasteiger partial charge on any atom is 0.0561 e. The largest absolute Gasteiger partial charge is 0.310 e. The van der Waals surface area contributed by atoms with Crippen LogP contribution >= 0.6 is 0 Å². The van der Waals surface area contributed by atoms with E-state index in [2.05, 4.69) is 288 Å². The summed E-state index contributed by atoms with van der Waals surface area (Å²) in [5, 5.41) is 7.28. The molecule has 4 nitrogen and oxygen atoms in total. The Morgan fingerprint density at radius 3 is 1.27 bits per heavy atom. The minimum absolute atomic E-state index is 0.105. The highest BCUT2D eigenvalue weighted by Crippen LogP contribution is 2.50. The van der Waals surface area contributed by atoms with Crippen LogP contribution in [0, 0.1) is 0 Å². The van der Waals surface area contributed by atoms with Crippen molar-refractivity contribution < 1.29 is 0 Å². The number of aromatic nitrogens is 2. The first-order valence-electron chi connectivity index (χ1n) is 24.6. The van der Waals surface area contributed by atoms with Crippen molar-refractivity contribution in [3.8, 4) is 22.5 Å². The van der Waals surface area contributed by atoms with E-state index in [1.54, 1.807) is 0 Å². The molecule has 71 heavy (non-hydrogen) atoms. The van der Waals surface area contributed by atoms with Crippen LogP contribution in [0.3, 0.4) is 0 Å². The number of rotatable bonds is 8. The Hall–Kier alpha value is -9.12. The Morgan fingerprint density at radius 1 is 0.282 bits per heavy atom. The molecule has 0 N–H and O–H groups in total. The molecule has 14 rings (SSSR count). The van der Waals surface area contributed by atoms with Crippen molar-refractivity contribution >= 4 is 88.5 Å². The van der Waals surface area contributed by atoms with Crippen LogP contribution in [-0.2, 0) is 5.41 Å². The second-order valence-corrected chi connectivity index (χ2v) is 19.4. The van der Waals surface area contributed by atoms with Crippen molar-refractivity contribution in [3.63, 3.8) is 0 Å². The first kappa shape index (κ1) is 40.9. The summed E-state index contributed by atoms with van der Waals surface area (Å²) in [5.41, 5.74) is 18.9. The summed E-state index contributed by atoms with van der Waals surface area (Å²) >= 11 is 0. The van der Waals surface area contributed by atoms with Crippen LogP contribution in [0.5, 0.6) is 0 Å². The van der Waals surface area contributed by atoms with E-state index in [1.165, 1.54) is 71.6 Å². The molecule has 336 valence electrons. The maximum atomic E-state index is 2.47. The molecule has 11 aromatic carbocycles. The Labute approximate surface area is 413 Å². The quantitative estimate of drug-likeness (QED) is 0.151. The van der Waals surface area contributed by atoms with Gasteiger partial charge in [0.25, 0.3) is 0 Å². The molecule has 4 heteroatoms. The molecular formula is C67H48N4. The molecule has 1 aliphatic carbocycles. The van der Waals surface area contributed by atoms with Crippen LogP contribution < -0.4 is 9.80 Å². The Morgan fingerprint density at radius 2 is 0.704 bits per heavy atom. The van der Waals surface area contributed by atoms with E-state index >= 15 is 0 Å². The fraction of sp³-hybridized carbons (Fsp3) is 0.0448. The van der Waals surface area contributed by atoms with Gasteiger partial charge < -0.3 is 18.9 Å². The lowest BCUT2D eigenvalue weighted by atomic mass is 9.82. The van der Waals surface area contributed by atoms with Crippen LogP contribution in [0.25, 0.3) is 76.9 Å². The van der Waals surface area contributed by atoms with Gasteiger partial charge in [-0.2, -0.15) is 0 Å². The van der Waals surface area contributed by atoms with Crippen LogP contribution in [0.4, 0.5) is 34.1 Å². The molecular weight excluding hydrogens is 861 g/mol. The second-order valence-electron chi connectivity index (χ2n) is 19.4. The highest BCUT2D eigenvalue weighted by Gasteiger charge is 2.35. The van der Waals surface area contributed by atoms with Crippen LogP contribution in [0.15, 0.2) is 255 Å². The molecule has 0 unspecified atom stereocenters. The monoisotopic (exact) mass is 908 g/mol. The van der Waals surface area contributed by atoms with Crippen molar-refractivity contribution in [2.45, 2.75) is 19.3 Å². The molecule has 0 aliphatic heterocycles. The van der Waals surface area contributed by atoms with Crippen molar-refractivity contribution in [2.24, 2.45) is 0 Å². The predicted octanol–water partition coefficient (Wildman–Crippen LogP) is 18.3. The number of fused-ring (bicyclic) bond motifs is 10. The number of benzene rings is 11. The molecule has 0 spiro atoms. The topological polar surface area (TPSA) is 16.3 Å². The molecule has 13 aromatic rings. The van der Waals surface area contributed by atoms with Gasteiger partial charge in [-0.25, -0.2) is 0 Å². The maximum absolute atomic E-state index is 2.47. The normalized spacial score (nSPS) is 12.8. The first-order valence-corrected chi connectivity index (χ1v) is 24.6. The molecule has 0 radical (unpaired) electrons. The number of hydrogen-bond donors (Lipinski definition) is 0. The second kappa shape index (κ2) is 16.0. The van der Waals surface area contributed by atoms with E-state index in [-0.39, 0.29) is 5.41 Å². The average molecular weight is 909 g/mol. The zero-order valence-electron chi connectivity index (χ0n) is 39.5. The minimum atomic E-state index is -0.105. The zero-order valence-corrected chi connectivity index (χ0v) is 39.5. The first-order chi connectivity index (χ1) is 35.0. The summed E-state index contributed by atoms with van der Waals surface area (Å²) in [6.45, 7) is 4.72. The fourth-order valence-corrected chi connectivity index (χ4v) is 11.7. The van der Waals surface area contributed by atoms with Gasteiger partial charge in [-0.3, -0.25) is 0 Å². The highest BCUT2D eigenvalue weighted by molar-refractivity contribution is 6.12. The summed E-state index contributed by atoms with van der Waals surface area (Å²) in [6, 6.07) is 93.4. The Kier molecular flexibility index (Phi) is 9.21. The molecule has 0 amide bonds. The Bertz CT molecular complexity index is 4200. The van der Waals surface area contributed by atoms with E-state index in [9.17, 15) is 0 Å². The molecule has 0 fully saturated rings. The molecule has 1 aliphatic rings. The lowest BCUT2D eigenvalue weighted by molar-refractivity contribution is 0.660. The standard InChI is InChI=1S/C67H48N4/c1-67(2)61-27-15-12-24-55(61)56-37-34-52(42-62(56)67)71-64-29-17-14-26-58(64)60-39-36-54(44-66(60)71)69(48-20-8-4-9-21-48)51-33-31-45-40-50(32-30-46(45)41-51)68(47-18-6-3-7-19-47)53-35-38-59-57-25-13-16-28-63(57)70(65(59)43-53)49-22-10-5-11-23-49/h3-44H,1-2H3. The molecule has 0 bridgehead atoms. The lowest BCUT2D eigenvalue weighted by Crippen LogP contribution is -2.15. The van der Waals surface area contributed by atoms with Gasteiger partial charge in [0.15, 0.2) is 0 Å². The van der Waals surface area contributed by atoms with Gasteiger partial charge in [0.1, 0.15) is 0 Å². The molecule has 2 aromatic heterocycles. The molecule has 2 heterocycles. The van der Waals surface area contributed by atoms with E-state index in [0.29, 0.717) is 0 Å². The number of anilines is 6. The fourth-order valence-electron chi connectivity index (χ4n) is 11.7. The summed E-state index contributed by atoms with van der Waals surface area (Å²) in [7, 11) is 0. The highest BCUT2D eigenvalue weighted by atomic mass is 15.2. The summed E-state index contributed by atoms with van der Waals surface area (Å²) in [6.07, 6.45) is 0. The summed E-state index contributed by atoms with van der Waals surface area (Å²) in [5.74, 6) is 0. The molecule has 0 saturated carbocycles. The lowest BCUT2D eigenvalue weighted by Gasteiger charge is -2.27. The van der Waals surface area contributed by atoms with Gasteiger partial charge >= 0.3 is 0 Å². The smallest absolute Gasteiger partial charge is 0.0561 e. The third-order valence-corrected chi connectivity index (χ3v) is 15.0. The van der Waals surface area contributed by atoms with Crippen molar-refractivity contribution in [2.75, 3.05) is 9.80 Å². The summed E-state index contributed by atoms with van der Waals surface area (Å²) in [4.78, 5) is 4.78. The number of hydrogen-bond acceptors (Lipinski definition) is 2. The van der Waals surface area contributed by atoms with E-state index in [1.807, 2.05) is 0 Å². The zero-order chi connectivity index (χ0) is 47.2. The van der Waals surface area contributed by atoms with E-state index in [4.69, 9.17) is 0 Å². The van der Waals surface area contributed by atoms with Gasteiger partial charge in [-0.05, 0) is 142 Å². The number of nitrogens with zero attached hydrogens (tertiary/aromatic N) is 4. The average Bonchev–Trinajstić information content (AvgIpc) is 4.02. The van der Waals surface area contributed by atoms with Crippen LogP contribution in [-0.4, -0.2) is 9.13 Å². The van der Waals surface area contributed by atoms with Crippen molar-refractivity contribution in [1.82, 2.24) is 9.13 Å². The SMILES string of the molecule is CC1(C)c2ccccc2-c2ccc(-n3c4ccccc4c4ccc(N(c5ccccc5)c5ccc6cc(N(c7ccccc7)c7ccc8c9ccccc9n(-c9ccccc9)c8c7)ccc6c5)cc43)cc21. The Balaban J connectivity index is 0.891. The van der Waals surface area contributed by atoms with E-state index in [0.717, 1.165) is 50.6 Å². The summed E-state index contributed by atoms with van der Waals surface area (Å²) < 4.78 is 4.86. The van der Waals surface area contributed by atoms with Gasteiger partial charge in [-0.15, -0.1) is 0 Å². The van der Waals surface area contributed by atoms with Crippen molar-refractivity contribution in [1.29, 1.82) is 0 Å². The number of para-hydroxylation sites is 5. The van der Waals surface area contributed by atoms with Gasteiger partial charge in [-0.1, -0.05) is 159 Å². The van der Waals surface area contributed by atoms with Gasteiger partial charge in [0, 0.05) is 72.5 Å². The molecule has 0 saturated heterocycles. The minimum Gasteiger partial charge on any atom is -0.310 e. The van der Waals surface area contributed by atoms with Gasteiger partial charge in [0.05, 0.1) is 22.1 Å². The van der Waals surface area contributed by atoms with Crippen LogP contribution in [0.1, 0.15) is 25.0 Å². The van der Waals surface area contributed by atoms with Crippen molar-refractivity contribution in [3.05, 3.63) is 266 Å². The third-order valence-electron chi connectivity index (χ3n) is 15.0. The predicted molar refractivity (Wildman–Crippen MR) is 300 cm³/mol. The van der Waals surface area contributed by atoms with Crippen LogP contribution in [0.2, 0.25) is 0 Å². The van der Waals surface area contributed by atoms with E-state index < -0.39 is 0 Å².